The Morgan fingerprint density at radius 2 is 1.62 bits per heavy atom. The molecule has 0 atom stereocenters. The molecular formula is C23H26N6O3. The molecule has 32 heavy (non-hydrogen) atoms. The summed E-state index contributed by atoms with van der Waals surface area (Å²) < 4.78 is 1.54. The van der Waals surface area contributed by atoms with Gasteiger partial charge < -0.3 is 15.3 Å². The number of nitrogens with zero attached hydrogens (tertiary/aromatic N) is 5. The zero-order chi connectivity index (χ0) is 22.8. The van der Waals surface area contributed by atoms with Crippen molar-refractivity contribution in [2.75, 3.05) is 18.4 Å². The van der Waals surface area contributed by atoms with Gasteiger partial charge in [-0.05, 0) is 63.3 Å². The van der Waals surface area contributed by atoms with Gasteiger partial charge >= 0.3 is 11.8 Å². The summed E-state index contributed by atoms with van der Waals surface area (Å²) in [6.07, 6.45) is 1.53. The number of phenols is 1. The number of rotatable bonds is 3. The largest absolute Gasteiger partial charge is 0.508 e. The van der Waals surface area contributed by atoms with Crippen molar-refractivity contribution < 1.29 is 14.7 Å². The highest BCUT2D eigenvalue weighted by Gasteiger charge is 2.28. The van der Waals surface area contributed by atoms with Crippen LogP contribution in [0, 0.1) is 20.8 Å². The number of hydrogen-bond acceptors (Lipinski definition) is 6. The number of likely N-dealkylation sites (tertiary alicyclic amines) is 1. The molecule has 9 heteroatoms. The first-order chi connectivity index (χ1) is 15.3. The van der Waals surface area contributed by atoms with E-state index in [-0.39, 0.29) is 11.6 Å². The number of anilines is 1. The van der Waals surface area contributed by atoms with Gasteiger partial charge in [-0.15, -0.1) is 5.10 Å². The van der Waals surface area contributed by atoms with Crippen molar-refractivity contribution in [3.05, 3.63) is 59.0 Å². The number of aryl methyl sites for hydroxylation is 3. The first kappa shape index (κ1) is 21.5. The summed E-state index contributed by atoms with van der Waals surface area (Å²) in [5, 5.41) is 16.4. The predicted molar refractivity (Wildman–Crippen MR) is 119 cm³/mol. The van der Waals surface area contributed by atoms with E-state index in [1.165, 1.54) is 0 Å². The maximum Gasteiger partial charge on any atom is 0.315 e. The zero-order valence-corrected chi connectivity index (χ0v) is 18.4. The van der Waals surface area contributed by atoms with Crippen molar-refractivity contribution in [2.45, 2.75) is 39.5 Å². The summed E-state index contributed by atoms with van der Waals surface area (Å²) >= 11 is 0. The Labute approximate surface area is 186 Å². The molecular weight excluding hydrogens is 408 g/mol. The van der Waals surface area contributed by atoms with Crippen LogP contribution in [0.5, 0.6) is 5.75 Å². The molecule has 2 aromatic heterocycles. The molecule has 4 rings (SSSR count). The Morgan fingerprint density at radius 3 is 2.25 bits per heavy atom. The third-order valence-electron chi connectivity index (χ3n) is 5.63. The van der Waals surface area contributed by atoms with Crippen LogP contribution >= 0.6 is 0 Å². The molecule has 0 bridgehead atoms. The number of nitrogens with one attached hydrogen (secondary N) is 1. The Kier molecular flexibility index (Phi) is 5.89. The predicted octanol–water partition coefficient (Wildman–Crippen LogP) is 2.64. The summed E-state index contributed by atoms with van der Waals surface area (Å²) in [7, 11) is 0. The second kappa shape index (κ2) is 8.78. The van der Waals surface area contributed by atoms with E-state index < -0.39 is 11.8 Å². The highest BCUT2D eigenvalue weighted by atomic mass is 16.3. The fourth-order valence-corrected chi connectivity index (χ4v) is 4.02. The molecule has 2 N–H and O–H groups in total. The maximum atomic E-state index is 12.7. The normalized spacial score (nSPS) is 14.4. The number of carbonyl (C=O) groups is 2. The standard InChI is InChI=1S/C23H26N6O3/c1-14-12-15(2)25-23(24-14)29-16(3)13-20(27-29)26-21(31)22(32)28-10-8-18(9-11-28)17-4-6-19(30)7-5-17/h4-7,12-13,18,30H,8-11H2,1-3H3,(H,26,27,31). The topological polar surface area (TPSA) is 113 Å². The van der Waals surface area contributed by atoms with Crippen molar-refractivity contribution in [1.82, 2.24) is 24.6 Å². The summed E-state index contributed by atoms with van der Waals surface area (Å²) in [4.78, 5) is 35.6. The average Bonchev–Trinajstić information content (AvgIpc) is 3.13. The molecule has 0 unspecified atom stereocenters. The molecule has 0 saturated carbocycles. The Hall–Kier alpha value is -3.75. The minimum atomic E-state index is -0.709. The van der Waals surface area contributed by atoms with Gasteiger partial charge in [-0.1, -0.05) is 12.1 Å². The van der Waals surface area contributed by atoms with Crippen molar-refractivity contribution in [3.8, 4) is 11.7 Å². The summed E-state index contributed by atoms with van der Waals surface area (Å²) in [6, 6.07) is 10.7. The first-order valence-corrected chi connectivity index (χ1v) is 10.6. The summed E-state index contributed by atoms with van der Waals surface area (Å²) in [6.45, 7) is 6.59. The molecule has 3 aromatic rings. The fourth-order valence-electron chi connectivity index (χ4n) is 4.02. The minimum absolute atomic E-state index is 0.236. The van der Waals surface area contributed by atoms with Crippen molar-refractivity contribution >= 4 is 17.6 Å². The average molecular weight is 435 g/mol. The lowest BCUT2D eigenvalue weighted by Crippen LogP contribution is -2.43. The Balaban J connectivity index is 1.38. The lowest BCUT2D eigenvalue weighted by Gasteiger charge is -2.31. The third kappa shape index (κ3) is 4.61. The number of hydrogen-bond donors (Lipinski definition) is 2. The van der Waals surface area contributed by atoms with Crippen LogP contribution in [0.15, 0.2) is 36.4 Å². The van der Waals surface area contributed by atoms with Crippen LogP contribution in [0.3, 0.4) is 0 Å². The molecule has 2 amide bonds. The molecule has 1 saturated heterocycles. The van der Waals surface area contributed by atoms with E-state index in [1.54, 1.807) is 27.8 Å². The highest BCUT2D eigenvalue weighted by Crippen LogP contribution is 2.29. The van der Waals surface area contributed by atoms with Crippen LogP contribution in [-0.4, -0.2) is 54.7 Å². The van der Waals surface area contributed by atoms with Gasteiger partial charge in [0.2, 0.25) is 0 Å². The molecule has 1 aliphatic heterocycles. The lowest BCUT2D eigenvalue weighted by atomic mass is 9.89. The van der Waals surface area contributed by atoms with Gasteiger partial charge in [-0.2, -0.15) is 0 Å². The van der Waals surface area contributed by atoms with Crippen molar-refractivity contribution in [2.24, 2.45) is 0 Å². The molecule has 1 aromatic carbocycles. The molecule has 1 fully saturated rings. The zero-order valence-electron chi connectivity index (χ0n) is 18.4. The van der Waals surface area contributed by atoms with Crippen LogP contribution in [0.4, 0.5) is 5.82 Å². The maximum absolute atomic E-state index is 12.7. The van der Waals surface area contributed by atoms with E-state index >= 15 is 0 Å². The lowest BCUT2D eigenvalue weighted by molar-refractivity contribution is -0.143. The number of aromatic nitrogens is 4. The molecule has 1 aliphatic rings. The van der Waals surface area contributed by atoms with E-state index in [9.17, 15) is 14.7 Å². The molecule has 166 valence electrons. The van der Waals surface area contributed by atoms with Gasteiger partial charge in [0.05, 0.1) is 0 Å². The molecule has 0 radical (unpaired) electrons. The van der Waals surface area contributed by atoms with Crippen LogP contribution in [0.25, 0.3) is 5.95 Å². The molecule has 0 spiro atoms. The van der Waals surface area contributed by atoms with Crippen LogP contribution < -0.4 is 5.32 Å². The van der Waals surface area contributed by atoms with E-state index in [4.69, 9.17) is 0 Å². The summed E-state index contributed by atoms with van der Waals surface area (Å²) in [5.41, 5.74) is 3.51. The van der Waals surface area contributed by atoms with Gasteiger partial charge in [0.15, 0.2) is 5.82 Å². The quantitative estimate of drug-likeness (QED) is 0.613. The second-order valence-electron chi connectivity index (χ2n) is 8.15. The Morgan fingerprint density at radius 1 is 1.00 bits per heavy atom. The van der Waals surface area contributed by atoms with Crippen LogP contribution in [0.2, 0.25) is 0 Å². The summed E-state index contributed by atoms with van der Waals surface area (Å²) in [5.74, 6) is -0.0348. The third-order valence-corrected chi connectivity index (χ3v) is 5.63. The molecule has 0 aliphatic carbocycles. The fraction of sp³-hybridized carbons (Fsp3) is 0.348. The van der Waals surface area contributed by atoms with Gasteiger partial charge in [-0.25, -0.2) is 14.6 Å². The van der Waals surface area contributed by atoms with E-state index in [0.29, 0.717) is 25.0 Å². The highest BCUT2D eigenvalue weighted by molar-refractivity contribution is 6.39. The number of aromatic hydroxyl groups is 1. The van der Waals surface area contributed by atoms with Crippen LogP contribution in [-0.2, 0) is 9.59 Å². The van der Waals surface area contributed by atoms with Crippen LogP contribution in [0.1, 0.15) is 41.4 Å². The number of amides is 2. The smallest absolute Gasteiger partial charge is 0.315 e. The van der Waals surface area contributed by atoms with E-state index in [2.05, 4.69) is 20.4 Å². The van der Waals surface area contributed by atoms with Crippen molar-refractivity contribution in [1.29, 1.82) is 0 Å². The van der Waals surface area contributed by atoms with Gasteiger partial charge in [0, 0.05) is 36.2 Å². The number of benzene rings is 1. The Bertz CT molecular complexity index is 1130. The minimum Gasteiger partial charge on any atom is -0.508 e. The van der Waals surface area contributed by atoms with Crippen molar-refractivity contribution in [3.63, 3.8) is 0 Å². The van der Waals surface area contributed by atoms with E-state index in [1.807, 2.05) is 39.0 Å². The number of carbonyl (C=O) groups excluding carboxylic acids is 2. The van der Waals surface area contributed by atoms with Gasteiger partial charge in [0.1, 0.15) is 5.75 Å². The number of piperidine rings is 1. The monoisotopic (exact) mass is 434 g/mol. The molecule has 3 heterocycles. The number of phenolic OH excluding ortho intramolecular Hbond substituents is 1. The SMILES string of the molecule is Cc1cc(C)nc(-n2nc(NC(=O)C(=O)N3CCC(c4ccc(O)cc4)CC3)cc2C)n1. The van der Waals surface area contributed by atoms with Gasteiger partial charge in [0.25, 0.3) is 5.95 Å². The van der Waals surface area contributed by atoms with Gasteiger partial charge in [-0.3, -0.25) is 9.59 Å². The van der Waals surface area contributed by atoms with E-state index in [0.717, 1.165) is 35.5 Å². The molecule has 9 nitrogen and oxygen atoms in total. The first-order valence-electron chi connectivity index (χ1n) is 10.6. The second-order valence-corrected chi connectivity index (χ2v) is 8.15.